The number of carbonyl (C=O) groups excluding carboxylic acids is 1. The number of carboxylic acid groups (broad SMARTS) is 1. The molecule has 1 saturated heterocycles. The summed E-state index contributed by atoms with van der Waals surface area (Å²) < 4.78 is 10.8. The molecule has 0 radical (unpaired) electrons. The summed E-state index contributed by atoms with van der Waals surface area (Å²) in [5, 5.41) is 12.3. The summed E-state index contributed by atoms with van der Waals surface area (Å²) >= 11 is 0. The molecule has 0 aromatic rings. The summed E-state index contributed by atoms with van der Waals surface area (Å²) in [5.74, 6) is -1.42. The molecule has 2 rings (SSSR count). The van der Waals surface area contributed by atoms with Crippen molar-refractivity contribution >= 4 is 12.1 Å². The van der Waals surface area contributed by atoms with Crippen LogP contribution in [0.1, 0.15) is 41.0 Å². The summed E-state index contributed by atoms with van der Waals surface area (Å²) in [4.78, 5) is 23.5. The molecule has 3 atom stereocenters. The number of hydrogen-bond acceptors (Lipinski definition) is 4. The highest BCUT2D eigenvalue weighted by atomic mass is 16.6. The third kappa shape index (κ3) is 3.00. The molecule has 21 heavy (non-hydrogen) atoms. The van der Waals surface area contributed by atoms with Crippen molar-refractivity contribution in [2.75, 3.05) is 13.2 Å². The molecule has 1 amide bonds. The molecule has 2 aliphatic rings. The zero-order chi connectivity index (χ0) is 16.1. The van der Waals surface area contributed by atoms with Gasteiger partial charge in [-0.15, -0.1) is 0 Å². The fraction of sp³-hybridized carbons (Fsp3) is 0.867. The van der Waals surface area contributed by atoms with Gasteiger partial charge in [0.15, 0.2) is 0 Å². The van der Waals surface area contributed by atoms with Crippen LogP contribution in [0.15, 0.2) is 0 Å². The minimum Gasteiger partial charge on any atom is -0.481 e. The van der Waals surface area contributed by atoms with Crippen LogP contribution in [-0.4, -0.2) is 41.5 Å². The van der Waals surface area contributed by atoms with Gasteiger partial charge in [0.1, 0.15) is 5.60 Å². The van der Waals surface area contributed by atoms with Gasteiger partial charge < -0.3 is 19.9 Å². The molecule has 0 bridgehead atoms. The molecule has 1 aliphatic carbocycles. The Balaban J connectivity index is 2.16. The van der Waals surface area contributed by atoms with Crippen LogP contribution < -0.4 is 5.32 Å². The Morgan fingerprint density at radius 1 is 1.33 bits per heavy atom. The molecule has 1 unspecified atom stereocenters. The lowest BCUT2D eigenvalue weighted by Gasteiger charge is -2.32. The van der Waals surface area contributed by atoms with Crippen molar-refractivity contribution in [3.63, 3.8) is 0 Å². The third-order valence-electron chi connectivity index (χ3n) is 4.49. The smallest absolute Gasteiger partial charge is 0.408 e. The molecule has 1 aliphatic heterocycles. The van der Waals surface area contributed by atoms with E-state index in [1.165, 1.54) is 0 Å². The lowest BCUT2D eigenvalue weighted by molar-refractivity contribution is -0.139. The summed E-state index contributed by atoms with van der Waals surface area (Å²) in [5.41, 5.74) is -1.58. The molecule has 0 spiro atoms. The van der Waals surface area contributed by atoms with Crippen molar-refractivity contribution in [3.8, 4) is 0 Å². The van der Waals surface area contributed by atoms with E-state index in [2.05, 4.69) is 5.32 Å². The van der Waals surface area contributed by atoms with Gasteiger partial charge in [0, 0.05) is 12.5 Å². The van der Waals surface area contributed by atoms with Gasteiger partial charge in [0.25, 0.3) is 0 Å². The molecule has 6 heteroatoms. The first-order chi connectivity index (χ1) is 9.50. The van der Waals surface area contributed by atoms with E-state index in [9.17, 15) is 14.7 Å². The van der Waals surface area contributed by atoms with Crippen molar-refractivity contribution in [2.24, 2.45) is 17.3 Å². The zero-order valence-corrected chi connectivity index (χ0v) is 13.4. The Morgan fingerprint density at radius 2 is 1.95 bits per heavy atom. The molecule has 2 fully saturated rings. The van der Waals surface area contributed by atoms with Gasteiger partial charge in [-0.2, -0.15) is 0 Å². The molecule has 1 heterocycles. The fourth-order valence-electron chi connectivity index (χ4n) is 3.64. The van der Waals surface area contributed by atoms with E-state index in [0.29, 0.717) is 19.6 Å². The Bertz CT molecular complexity index is 445. The van der Waals surface area contributed by atoms with E-state index in [1.807, 2.05) is 13.8 Å². The minimum absolute atomic E-state index is 0.141. The maximum absolute atomic E-state index is 12.1. The van der Waals surface area contributed by atoms with Crippen LogP contribution in [-0.2, 0) is 14.3 Å². The van der Waals surface area contributed by atoms with Crippen LogP contribution in [0.3, 0.4) is 0 Å². The molecule has 120 valence electrons. The van der Waals surface area contributed by atoms with Crippen LogP contribution in [0, 0.1) is 17.3 Å². The molecule has 0 aromatic heterocycles. The standard InChI is InChI=1S/C15H25NO5/c1-13(2,3)21-12(19)16-15(6-7-20-8-15)10-9(11(17)18)14(10,4)5/h9-10H,6-8H2,1-5H3,(H,16,19)(H,17,18)/t9-,10+,15?/m1/s1. The molecular weight excluding hydrogens is 274 g/mol. The lowest BCUT2D eigenvalue weighted by atomic mass is 9.87. The largest absolute Gasteiger partial charge is 0.481 e. The molecule has 6 nitrogen and oxygen atoms in total. The van der Waals surface area contributed by atoms with Crippen molar-refractivity contribution in [1.82, 2.24) is 5.32 Å². The molecule has 2 N–H and O–H groups in total. The maximum atomic E-state index is 12.1. The van der Waals surface area contributed by atoms with Crippen LogP contribution in [0.5, 0.6) is 0 Å². The van der Waals surface area contributed by atoms with Crippen molar-refractivity contribution in [2.45, 2.75) is 52.2 Å². The molecular formula is C15H25NO5. The Labute approximate surface area is 125 Å². The molecule has 0 aromatic carbocycles. The number of carbonyl (C=O) groups is 2. The highest BCUT2D eigenvalue weighted by molar-refractivity contribution is 5.77. The SMILES string of the molecule is CC(C)(C)OC(=O)NC1([C@H]2[C@H](C(=O)O)C2(C)C)CCOC1. The van der Waals surface area contributed by atoms with Gasteiger partial charge in [-0.25, -0.2) is 4.79 Å². The number of aliphatic carboxylic acids is 1. The van der Waals surface area contributed by atoms with Gasteiger partial charge in [0.05, 0.1) is 18.1 Å². The van der Waals surface area contributed by atoms with Gasteiger partial charge in [-0.1, -0.05) is 13.8 Å². The highest BCUT2D eigenvalue weighted by Crippen LogP contribution is 2.64. The Hall–Kier alpha value is -1.30. The first kappa shape index (κ1) is 16.1. The van der Waals surface area contributed by atoms with E-state index in [0.717, 1.165) is 0 Å². The van der Waals surface area contributed by atoms with Crippen LogP contribution in [0.2, 0.25) is 0 Å². The third-order valence-corrected chi connectivity index (χ3v) is 4.49. The van der Waals surface area contributed by atoms with Crippen LogP contribution >= 0.6 is 0 Å². The fourth-order valence-corrected chi connectivity index (χ4v) is 3.64. The van der Waals surface area contributed by atoms with Gasteiger partial charge in [-0.05, 0) is 32.6 Å². The zero-order valence-electron chi connectivity index (χ0n) is 13.4. The summed E-state index contributed by atoms with van der Waals surface area (Å²) in [6.45, 7) is 10.1. The topological polar surface area (TPSA) is 84.9 Å². The predicted octanol–water partition coefficient (Wildman–Crippen LogP) is 2.03. The number of nitrogens with one attached hydrogen (secondary N) is 1. The number of hydrogen-bond donors (Lipinski definition) is 2. The number of ether oxygens (including phenoxy) is 2. The number of rotatable bonds is 3. The normalized spacial score (nSPS) is 34.3. The average molecular weight is 299 g/mol. The van der Waals surface area contributed by atoms with E-state index in [-0.39, 0.29) is 11.3 Å². The first-order valence-corrected chi connectivity index (χ1v) is 7.31. The summed E-state index contributed by atoms with van der Waals surface area (Å²) in [6.07, 6.45) is 0.101. The monoisotopic (exact) mass is 299 g/mol. The van der Waals surface area contributed by atoms with Gasteiger partial charge in [-0.3, -0.25) is 4.79 Å². The second kappa shape index (κ2) is 4.87. The average Bonchev–Trinajstić information content (AvgIpc) is 2.65. The molecule has 1 saturated carbocycles. The van der Waals surface area contributed by atoms with Gasteiger partial charge >= 0.3 is 12.1 Å². The van der Waals surface area contributed by atoms with Crippen LogP contribution in [0.25, 0.3) is 0 Å². The van der Waals surface area contributed by atoms with E-state index < -0.39 is 29.1 Å². The Kier molecular flexibility index (Phi) is 3.72. The van der Waals surface area contributed by atoms with E-state index in [1.54, 1.807) is 20.8 Å². The van der Waals surface area contributed by atoms with E-state index >= 15 is 0 Å². The lowest BCUT2D eigenvalue weighted by Crippen LogP contribution is -2.53. The number of amides is 1. The Morgan fingerprint density at radius 3 is 2.33 bits per heavy atom. The number of alkyl carbamates (subject to hydrolysis) is 1. The predicted molar refractivity (Wildman–Crippen MR) is 75.9 cm³/mol. The second-order valence-corrected chi connectivity index (χ2v) is 7.70. The first-order valence-electron chi connectivity index (χ1n) is 7.31. The summed E-state index contributed by atoms with van der Waals surface area (Å²) in [7, 11) is 0. The quantitative estimate of drug-likeness (QED) is 0.833. The maximum Gasteiger partial charge on any atom is 0.408 e. The van der Waals surface area contributed by atoms with Crippen LogP contribution in [0.4, 0.5) is 4.79 Å². The second-order valence-electron chi connectivity index (χ2n) is 7.70. The minimum atomic E-state index is -0.817. The summed E-state index contributed by atoms with van der Waals surface area (Å²) in [6, 6.07) is 0. The van der Waals surface area contributed by atoms with Crippen molar-refractivity contribution in [1.29, 1.82) is 0 Å². The van der Waals surface area contributed by atoms with Crippen molar-refractivity contribution < 1.29 is 24.2 Å². The van der Waals surface area contributed by atoms with E-state index in [4.69, 9.17) is 9.47 Å². The van der Waals surface area contributed by atoms with Gasteiger partial charge in [0.2, 0.25) is 0 Å². The van der Waals surface area contributed by atoms with Crippen molar-refractivity contribution in [3.05, 3.63) is 0 Å². The number of carboxylic acids is 1. The highest BCUT2D eigenvalue weighted by Gasteiger charge is 2.71.